The predicted octanol–water partition coefficient (Wildman–Crippen LogP) is 3.28. The van der Waals surface area contributed by atoms with Crippen molar-refractivity contribution >= 4 is 17.6 Å². The highest BCUT2D eigenvalue weighted by Crippen LogP contribution is 2.34. The molecule has 1 aromatic rings. The number of likely N-dealkylation sites (tertiary alicyclic amines) is 1. The monoisotopic (exact) mass is 398 g/mol. The Labute approximate surface area is 173 Å². The summed E-state index contributed by atoms with van der Waals surface area (Å²) in [6, 6.07) is 8.13. The first-order valence-electron chi connectivity index (χ1n) is 11.2. The van der Waals surface area contributed by atoms with Crippen molar-refractivity contribution in [2.75, 3.05) is 25.0 Å². The van der Waals surface area contributed by atoms with Crippen LogP contribution in [0.2, 0.25) is 0 Å². The number of fused-ring (bicyclic) bond motifs is 1. The molecule has 158 valence electrons. The molecule has 3 aliphatic rings. The highest BCUT2D eigenvalue weighted by molar-refractivity contribution is 5.89. The van der Waals surface area contributed by atoms with Crippen LogP contribution < -0.4 is 16.0 Å². The summed E-state index contributed by atoms with van der Waals surface area (Å²) in [4.78, 5) is 27.3. The third kappa shape index (κ3) is 5.10. The van der Waals surface area contributed by atoms with Crippen molar-refractivity contribution in [2.45, 2.75) is 64.0 Å². The minimum atomic E-state index is -0.182. The van der Waals surface area contributed by atoms with E-state index in [2.05, 4.69) is 16.0 Å². The number of amides is 3. The van der Waals surface area contributed by atoms with Gasteiger partial charge in [0.2, 0.25) is 5.91 Å². The van der Waals surface area contributed by atoms with Gasteiger partial charge < -0.3 is 20.9 Å². The lowest BCUT2D eigenvalue weighted by molar-refractivity contribution is -0.135. The van der Waals surface area contributed by atoms with E-state index in [-0.39, 0.29) is 18.0 Å². The molecule has 2 heterocycles. The number of rotatable bonds is 4. The summed E-state index contributed by atoms with van der Waals surface area (Å²) in [6.45, 7) is 4.22. The SMILES string of the molecule is Cc1ccc(NC(=O)NCC2CCCN(C(=O)C3CC4CCCCC4N3)C2)cc1. The molecule has 3 N–H and O–H groups in total. The topological polar surface area (TPSA) is 73.5 Å². The number of anilines is 1. The van der Waals surface area contributed by atoms with Crippen LogP contribution in [0.4, 0.5) is 10.5 Å². The number of carbonyl (C=O) groups is 2. The van der Waals surface area contributed by atoms with E-state index in [1.54, 1.807) is 0 Å². The number of aryl methyl sites for hydroxylation is 1. The second-order valence-electron chi connectivity index (χ2n) is 9.10. The molecule has 1 aromatic carbocycles. The molecule has 1 aliphatic carbocycles. The van der Waals surface area contributed by atoms with Crippen molar-refractivity contribution in [1.29, 1.82) is 0 Å². The number of nitrogens with one attached hydrogen (secondary N) is 3. The molecule has 2 aliphatic heterocycles. The first-order valence-corrected chi connectivity index (χ1v) is 11.2. The van der Waals surface area contributed by atoms with E-state index < -0.39 is 0 Å². The van der Waals surface area contributed by atoms with Crippen LogP contribution in [0.3, 0.4) is 0 Å². The maximum Gasteiger partial charge on any atom is 0.319 e. The van der Waals surface area contributed by atoms with Crippen LogP contribution in [0.5, 0.6) is 0 Å². The molecular formula is C23H34N4O2. The Morgan fingerprint density at radius 2 is 1.90 bits per heavy atom. The van der Waals surface area contributed by atoms with E-state index in [0.717, 1.165) is 38.0 Å². The average molecular weight is 399 g/mol. The van der Waals surface area contributed by atoms with Crippen LogP contribution in [-0.4, -0.2) is 48.6 Å². The van der Waals surface area contributed by atoms with E-state index in [1.807, 2.05) is 36.1 Å². The van der Waals surface area contributed by atoms with Gasteiger partial charge >= 0.3 is 6.03 Å². The third-order valence-electron chi connectivity index (χ3n) is 6.85. The summed E-state index contributed by atoms with van der Waals surface area (Å²) in [5.41, 5.74) is 1.96. The number of hydrogen-bond acceptors (Lipinski definition) is 3. The molecule has 0 aromatic heterocycles. The van der Waals surface area contributed by atoms with Crippen LogP contribution in [0, 0.1) is 18.8 Å². The van der Waals surface area contributed by atoms with E-state index in [0.29, 0.717) is 24.4 Å². The zero-order valence-electron chi connectivity index (χ0n) is 17.5. The Balaban J connectivity index is 1.23. The smallest absolute Gasteiger partial charge is 0.319 e. The fraction of sp³-hybridized carbons (Fsp3) is 0.652. The highest BCUT2D eigenvalue weighted by atomic mass is 16.2. The molecule has 6 heteroatoms. The summed E-state index contributed by atoms with van der Waals surface area (Å²) in [5.74, 6) is 1.28. The van der Waals surface area contributed by atoms with Gasteiger partial charge in [0.1, 0.15) is 0 Å². The van der Waals surface area contributed by atoms with Crippen molar-refractivity contribution < 1.29 is 9.59 Å². The van der Waals surface area contributed by atoms with E-state index in [9.17, 15) is 9.59 Å². The van der Waals surface area contributed by atoms with Gasteiger partial charge in [-0.15, -0.1) is 0 Å². The Bertz CT molecular complexity index is 706. The van der Waals surface area contributed by atoms with E-state index >= 15 is 0 Å². The van der Waals surface area contributed by atoms with Gasteiger partial charge in [-0.1, -0.05) is 30.5 Å². The van der Waals surface area contributed by atoms with Gasteiger partial charge in [0.15, 0.2) is 0 Å². The normalized spacial score (nSPS) is 29.2. The molecule has 1 saturated carbocycles. The summed E-state index contributed by atoms with van der Waals surface area (Å²) in [7, 11) is 0. The van der Waals surface area contributed by atoms with E-state index in [1.165, 1.54) is 31.2 Å². The van der Waals surface area contributed by atoms with Crippen LogP contribution in [0.15, 0.2) is 24.3 Å². The molecule has 2 saturated heterocycles. The third-order valence-corrected chi connectivity index (χ3v) is 6.85. The fourth-order valence-corrected chi connectivity index (χ4v) is 5.21. The Kier molecular flexibility index (Phi) is 6.38. The van der Waals surface area contributed by atoms with Gasteiger partial charge in [0, 0.05) is 31.4 Å². The highest BCUT2D eigenvalue weighted by Gasteiger charge is 2.40. The zero-order chi connectivity index (χ0) is 20.2. The quantitative estimate of drug-likeness (QED) is 0.729. The largest absolute Gasteiger partial charge is 0.341 e. The van der Waals surface area contributed by atoms with Gasteiger partial charge in [-0.2, -0.15) is 0 Å². The summed E-state index contributed by atoms with van der Waals surface area (Å²) >= 11 is 0. The number of hydrogen-bond donors (Lipinski definition) is 3. The molecule has 4 rings (SSSR count). The summed E-state index contributed by atoms with van der Waals surface area (Å²) < 4.78 is 0. The Morgan fingerprint density at radius 1 is 1.10 bits per heavy atom. The minimum Gasteiger partial charge on any atom is -0.341 e. The number of urea groups is 1. The molecule has 29 heavy (non-hydrogen) atoms. The molecule has 6 nitrogen and oxygen atoms in total. The number of carbonyl (C=O) groups excluding carboxylic acids is 2. The molecule has 4 unspecified atom stereocenters. The van der Waals surface area contributed by atoms with Crippen molar-refractivity contribution in [3.8, 4) is 0 Å². The molecule has 4 atom stereocenters. The number of piperidine rings is 1. The first kappa shape index (κ1) is 20.2. The summed E-state index contributed by atoms with van der Waals surface area (Å²) in [5, 5.41) is 9.47. The number of nitrogens with zero attached hydrogens (tertiary/aromatic N) is 1. The lowest BCUT2D eigenvalue weighted by Gasteiger charge is -2.34. The average Bonchev–Trinajstić information content (AvgIpc) is 3.18. The van der Waals surface area contributed by atoms with Crippen molar-refractivity contribution in [2.24, 2.45) is 11.8 Å². The van der Waals surface area contributed by atoms with Crippen LogP contribution in [0.1, 0.15) is 50.5 Å². The fourth-order valence-electron chi connectivity index (χ4n) is 5.21. The lowest BCUT2D eigenvalue weighted by Crippen LogP contribution is -2.50. The molecule has 3 amide bonds. The van der Waals surface area contributed by atoms with E-state index in [4.69, 9.17) is 0 Å². The summed E-state index contributed by atoms with van der Waals surface area (Å²) in [6.07, 6.45) is 8.15. The molecular weight excluding hydrogens is 364 g/mol. The predicted molar refractivity (Wildman–Crippen MR) is 115 cm³/mol. The van der Waals surface area contributed by atoms with Crippen LogP contribution in [0.25, 0.3) is 0 Å². The number of benzene rings is 1. The second kappa shape index (κ2) is 9.16. The maximum absolute atomic E-state index is 13.1. The molecule has 0 spiro atoms. The van der Waals surface area contributed by atoms with Gasteiger partial charge in [0.25, 0.3) is 0 Å². The molecule has 0 bridgehead atoms. The van der Waals surface area contributed by atoms with Crippen LogP contribution in [-0.2, 0) is 4.79 Å². The maximum atomic E-state index is 13.1. The molecule has 0 radical (unpaired) electrons. The van der Waals surface area contributed by atoms with Gasteiger partial charge in [-0.25, -0.2) is 4.79 Å². The van der Waals surface area contributed by atoms with Crippen molar-refractivity contribution in [1.82, 2.24) is 15.5 Å². The standard InChI is InChI=1S/C23H34N4O2/c1-16-8-10-19(11-9-16)25-23(29)24-14-17-5-4-12-27(15-17)22(28)21-13-18-6-2-3-7-20(18)26-21/h8-11,17-18,20-21,26H,2-7,12-15H2,1H3,(H2,24,25,29). The van der Waals surface area contributed by atoms with Gasteiger partial charge in [0.05, 0.1) is 6.04 Å². The first-order chi connectivity index (χ1) is 14.1. The van der Waals surface area contributed by atoms with Gasteiger partial charge in [-0.05, 0) is 63.0 Å². The minimum absolute atomic E-state index is 0.000329. The molecule has 3 fully saturated rings. The second-order valence-corrected chi connectivity index (χ2v) is 9.10. The van der Waals surface area contributed by atoms with Crippen molar-refractivity contribution in [3.63, 3.8) is 0 Å². The van der Waals surface area contributed by atoms with Gasteiger partial charge in [-0.3, -0.25) is 4.79 Å². The van der Waals surface area contributed by atoms with Crippen LogP contribution >= 0.6 is 0 Å². The Hall–Kier alpha value is -2.08. The Morgan fingerprint density at radius 3 is 2.69 bits per heavy atom. The zero-order valence-corrected chi connectivity index (χ0v) is 17.5. The van der Waals surface area contributed by atoms with Crippen molar-refractivity contribution in [3.05, 3.63) is 29.8 Å². The lowest BCUT2D eigenvalue weighted by atomic mass is 9.85.